The van der Waals surface area contributed by atoms with Gasteiger partial charge in [-0.15, -0.1) is 0 Å². The van der Waals surface area contributed by atoms with Gasteiger partial charge in [0.1, 0.15) is 5.82 Å². The molecule has 1 fully saturated rings. The van der Waals surface area contributed by atoms with E-state index in [1.165, 1.54) is 32.1 Å². The normalized spacial score (nSPS) is 17.1. The van der Waals surface area contributed by atoms with Crippen LogP contribution in [0.15, 0.2) is 0 Å². The second kappa shape index (κ2) is 5.99. The van der Waals surface area contributed by atoms with Crippen molar-refractivity contribution < 1.29 is 0 Å². The molecule has 1 saturated carbocycles. The molecule has 2 rings (SSSR count). The van der Waals surface area contributed by atoms with Crippen molar-refractivity contribution in [1.82, 2.24) is 15.2 Å². The van der Waals surface area contributed by atoms with E-state index < -0.39 is 0 Å². The first kappa shape index (κ1) is 11.6. The summed E-state index contributed by atoms with van der Waals surface area (Å²) in [7, 11) is 0. The standard InChI is InChI=1S/C12H22N4/c13-9-5-1-2-8-11-14-12(16-15-11)10-6-3-4-7-10/h10H,1-9,13H2,(H,14,15,16). The molecule has 1 aromatic rings. The van der Waals surface area contributed by atoms with Gasteiger partial charge in [0.05, 0.1) is 0 Å². The molecule has 0 spiro atoms. The van der Waals surface area contributed by atoms with Gasteiger partial charge in [-0.1, -0.05) is 19.3 Å². The molecule has 0 bridgehead atoms. The maximum absolute atomic E-state index is 5.46. The molecule has 4 heteroatoms. The highest BCUT2D eigenvalue weighted by atomic mass is 15.2. The highest BCUT2D eigenvalue weighted by Gasteiger charge is 2.20. The van der Waals surface area contributed by atoms with Crippen molar-refractivity contribution in [3.05, 3.63) is 11.6 Å². The molecular formula is C12H22N4. The zero-order chi connectivity index (χ0) is 11.2. The molecular weight excluding hydrogens is 200 g/mol. The van der Waals surface area contributed by atoms with Gasteiger partial charge in [0.2, 0.25) is 0 Å². The number of nitrogens with two attached hydrogens (primary N) is 1. The van der Waals surface area contributed by atoms with Gasteiger partial charge < -0.3 is 5.73 Å². The van der Waals surface area contributed by atoms with E-state index in [4.69, 9.17) is 5.73 Å². The van der Waals surface area contributed by atoms with Gasteiger partial charge in [0.25, 0.3) is 0 Å². The third-order valence-corrected chi connectivity index (χ3v) is 3.39. The molecule has 4 nitrogen and oxygen atoms in total. The monoisotopic (exact) mass is 222 g/mol. The molecule has 0 amide bonds. The number of H-pyrrole nitrogens is 1. The molecule has 0 aromatic carbocycles. The van der Waals surface area contributed by atoms with Gasteiger partial charge in [0, 0.05) is 12.3 Å². The van der Waals surface area contributed by atoms with Crippen molar-refractivity contribution in [2.24, 2.45) is 5.73 Å². The lowest BCUT2D eigenvalue weighted by Gasteiger charge is -2.00. The molecule has 1 aliphatic carbocycles. The average Bonchev–Trinajstić information content (AvgIpc) is 2.94. The quantitative estimate of drug-likeness (QED) is 0.724. The van der Waals surface area contributed by atoms with Crippen LogP contribution in [0.1, 0.15) is 62.5 Å². The molecule has 16 heavy (non-hydrogen) atoms. The molecule has 1 heterocycles. The second-order valence-corrected chi connectivity index (χ2v) is 4.72. The highest BCUT2D eigenvalue weighted by Crippen LogP contribution is 2.31. The van der Waals surface area contributed by atoms with Crippen molar-refractivity contribution in [2.45, 2.75) is 57.3 Å². The molecule has 1 aromatic heterocycles. The van der Waals surface area contributed by atoms with Gasteiger partial charge in [-0.3, -0.25) is 5.10 Å². The first-order chi connectivity index (χ1) is 7.90. The second-order valence-electron chi connectivity index (χ2n) is 4.72. The molecule has 90 valence electrons. The number of nitrogens with zero attached hydrogens (tertiary/aromatic N) is 2. The molecule has 0 atom stereocenters. The minimum atomic E-state index is 0.619. The van der Waals surface area contributed by atoms with E-state index in [-0.39, 0.29) is 0 Å². The van der Waals surface area contributed by atoms with Crippen molar-refractivity contribution in [2.75, 3.05) is 6.54 Å². The summed E-state index contributed by atoms with van der Waals surface area (Å²) in [5, 5.41) is 7.40. The van der Waals surface area contributed by atoms with Gasteiger partial charge in [0.15, 0.2) is 5.82 Å². The highest BCUT2D eigenvalue weighted by molar-refractivity contribution is 4.99. The maximum Gasteiger partial charge on any atom is 0.153 e. The third-order valence-electron chi connectivity index (χ3n) is 3.39. The van der Waals surface area contributed by atoms with Crippen LogP contribution in [0.4, 0.5) is 0 Å². The molecule has 0 aliphatic heterocycles. The van der Waals surface area contributed by atoms with Crippen LogP contribution in [0.2, 0.25) is 0 Å². The Morgan fingerprint density at radius 2 is 2.00 bits per heavy atom. The van der Waals surface area contributed by atoms with Crippen molar-refractivity contribution in [1.29, 1.82) is 0 Å². The van der Waals surface area contributed by atoms with E-state index in [2.05, 4.69) is 15.2 Å². The Morgan fingerprint density at radius 1 is 1.19 bits per heavy atom. The molecule has 0 saturated heterocycles. The first-order valence-corrected chi connectivity index (χ1v) is 6.51. The van der Waals surface area contributed by atoms with Crippen LogP contribution < -0.4 is 5.73 Å². The van der Waals surface area contributed by atoms with Gasteiger partial charge in [-0.2, -0.15) is 5.10 Å². The van der Waals surface area contributed by atoms with Crippen molar-refractivity contribution in [3.63, 3.8) is 0 Å². The van der Waals surface area contributed by atoms with Crippen molar-refractivity contribution >= 4 is 0 Å². The maximum atomic E-state index is 5.46. The zero-order valence-electron chi connectivity index (χ0n) is 9.91. The van der Waals surface area contributed by atoms with E-state index in [9.17, 15) is 0 Å². The van der Waals surface area contributed by atoms with Crippen LogP contribution in [0.5, 0.6) is 0 Å². The van der Waals surface area contributed by atoms with Crippen LogP contribution in [0.25, 0.3) is 0 Å². The minimum absolute atomic E-state index is 0.619. The lowest BCUT2D eigenvalue weighted by atomic mass is 10.1. The van der Waals surface area contributed by atoms with Crippen molar-refractivity contribution in [3.8, 4) is 0 Å². The summed E-state index contributed by atoms with van der Waals surface area (Å²) < 4.78 is 0. The number of aryl methyl sites for hydroxylation is 1. The summed E-state index contributed by atoms with van der Waals surface area (Å²) in [5.74, 6) is 2.72. The van der Waals surface area contributed by atoms with Crippen LogP contribution >= 0.6 is 0 Å². The molecule has 3 N–H and O–H groups in total. The predicted octanol–water partition coefficient (Wildman–Crippen LogP) is 2.13. The summed E-state index contributed by atoms with van der Waals surface area (Å²) in [6, 6.07) is 0. The van der Waals surface area contributed by atoms with E-state index >= 15 is 0 Å². The predicted molar refractivity (Wildman–Crippen MR) is 64.2 cm³/mol. The summed E-state index contributed by atoms with van der Waals surface area (Å²) in [5.41, 5.74) is 5.46. The number of nitrogens with one attached hydrogen (secondary N) is 1. The van der Waals surface area contributed by atoms with Crippen LogP contribution in [-0.2, 0) is 6.42 Å². The topological polar surface area (TPSA) is 67.6 Å². The zero-order valence-corrected chi connectivity index (χ0v) is 9.91. The average molecular weight is 222 g/mol. The lowest BCUT2D eigenvalue weighted by molar-refractivity contribution is 0.663. The minimum Gasteiger partial charge on any atom is -0.330 e. The fourth-order valence-electron chi connectivity index (χ4n) is 2.40. The number of unbranched alkanes of at least 4 members (excludes halogenated alkanes) is 2. The van der Waals surface area contributed by atoms with Crippen LogP contribution in [-0.4, -0.2) is 21.7 Å². The number of aromatic nitrogens is 3. The lowest BCUT2D eigenvalue weighted by Crippen LogP contribution is -1.99. The van der Waals surface area contributed by atoms with Crippen LogP contribution in [0, 0.1) is 0 Å². The summed E-state index contributed by atoms with van der Waals surface area (Å²) in [6.45, 7) is 0.795. The number of hydrogen-bond acceptors (Lipinski definition) is 3. The Balaban J connectivity index is 1.77. The molecule has 0 radical (unpaired) electrons. The van der Waals surface area contributed by atoms with Crippen LogP contribution in [0.3, 0.4) is 0 Å². The Morgan fingerprint density at radius 3 is 2.75 bits per heavy atom. The summed E-state index contributed by atoms with van der Waals surface area (Å²) in [6.07, 6.45) is 9.70. The number of hydrogen-bond donors (Lipinski definition) is 2. The number of aromatic amines is 1. The van der Waals surface area contributed by atoms with Gasteiger partial charge in [-0.25, -0.2) is 4.98 Å². The smallest absolute Gasteiger partial charge is 0.153 e. The SMILES string of the molecule is NCCCCCc1nc(C2CCCC2)n[nH]1. The Kier molecular flexibility index (Phi) is 4.34. The number of rotatable bonds is 6. The van der Waals surface area contributed by atoms with Gasteiger partial charge in [-0.05, 0) is 32.2 Å². The van der Waals surface area contributed by atoms with E-state index in [1.807, 2.05) is 0 Å². The first-order valence-electron chi connectivity index (χ1n) is 6.51. The largest absolute Gasteiger partial charge is 0.330 e. The summed E-state index contributed by atoms with van der Waals surface area (Å²) in [4.78, 5) is 4.59. The fraction of sp³-hybridized carbons (Fsp3) is 0.833. The Labute approximate surface area is 97.0 Å². The van der Waals surface area contributed by atoms with E-state index in [0.29, 0.717) is 5.92 Å². The Hall–Kier alpha value is -0.900. The third kappa shape index (κ3) is 3.04. The summed E-state index contributed by atoms with van der Waals surface area (Å²) >= 11 is 0. The van der Waals surface area contributed by atoms with E-state index in [1.54, 1.807) is 0 Å². The Bertz CT molecular complexity index is 302. The van der Waals surface area contributed by atoms with Gasteiger partial charge >= 0.3 is 0 Å². The molecule has 1 aliphatic rings. The van der Waals surface area contributed by atoms with E-state index in [0.717, 1.165) is 37.5 Å². The molecule has 0 unspecified atom stereocenters. The fourth-order valence-corrected chi connectivity index (χ4v) is 2.40.